The predicted octanol–water partition coefficient (Wildman–Crippen LogP) is 1.45. The zero-order chi connectivity index (χ0) is 17.9. The molecule has 2 aromatic heterocycles. The minimum atomic E-state index is -0.0475. The second kappa shape index (κ2) is 7.45. The maximum absolute atomic E-state index is 12.6. The Morgan fingerprint density at radius 1 is 1.08 bits per heavy atom. The molecule has 26 heavy (non-hydrogen) atoms. The highest BCUT2D eigenvalue weighted by molar-refractivity contribution is 5.91. The Morgan fingerprint density at radius 2 is 1.96 bits per heavy atom. The van der Waals surface area contributed by atoms with Crippen molar-refractivity contribution in [3.63, 3.8) is 0 Å². The average Bonchev–Trinajstić information content (AvgIpc) is 2.99. The summed E-state index contributed by atoms with van der Waals surface area (Å²) in [4.78, 5) is 28.4. The summed E-state index contributed by atoms with van der Waals surface area (Å²) in [6, 6.07) is 3.47. The van der Waals surface area contributed by atoms with Gasteiger partial charge in [0.25, 0.3) is 5.91 Å². The summed E-state index contributed by atoms with van der Waals surface area (Å²) in [7, 11) is 2.17. The van der Waals surface area contributed by atoms with E-state index < -0.39 is 0 Å². The summed E-state index contributed by atoms with van der Waals surface area (Å²) in [5.74, 6) is 1.41. The molecule has 138 valence electrons. The average molecular weight is 355 g/mol. The van der Waals surface area contributed by atoms with E-state index in [1.807, 2.05) is 4.90 Å². The van der Waals surface area contributed by atoms with Crippen molar-refractivity contribution in [2.75, 3.05) is 51.2 Å². The van der Waals surface area contributed by atoms with Crippen molar-refractivity contribution in [3.05, 3.63) is 41.7 Å². The van der Waals surface area contributed by atoms with Crippen LogP contribution in [0.5, 0.6) is 0 Å². The van der Waals surface area contributed by atoms with Crippen molar-refractivity contribution >= 4 is 11.7 Å². The number of rotatable bonds is 2. The van der Waals surface area contributed by atoms with Gasteiger partial charge in [-0.1, -0.05) is 0 Å². The van der Waals surface area contributed by atoms with E-state index in [1.165, 1.54) is 5.56 Å². The van der Waals surface area contributed by atoms with Crippen LogP contribution in [-0.2, 0) is 12.8 Å². The van der Waals surface area contributed by atoms with Gasteiger partial charge >= 0.3 is 0 Å². The lowest BCUT2D eigenvalue weighted by atomic mass is 10.1. The number of anilines is 1. The number of fused-ring (bicyclic) bond motifs is 1. The van der Waals surface area contributed by atoms with Crippen molar-refractivity contribution in [2.45, 2.75) is 19.3 Å². The number of hydrogen-bond acceptors (Lipinski definition) is 6. The lowest BCUT2D eigenvalue weighted by Gasteiger charge is -2.24. The van der Waals surface area contributed by atoms with E-state index >= 15 is 0 Å². The van der Waals surface area contributed by atoms with E-state index in [1.54, 1.807) is 24.7 Å². The number of aromatic nitrogens is 2. The molecule has 0 aliphatic carbocycles. The van der Waals surface area contributed by atoms with Crippen LogP contribution in [0.2, 0.25) is 0 Å². The summed E-state index contributed by atoms with van der Waals surface area (Å²) in [6.07, 6.45) is 5.89. The molecule has 7 nitrogen and oxygen atoms in total. The molecule has 2 aliphatic rings. The molecule has 1 amide bonds. The molecule has 0 radical (unpaired) electrons. The molecule has 7 heteroatoms. The Balaban J connectivity index is 1.54. The summed E-state index contributed by atoms with van der Waals surface area (Å²) in [6.45, 7) is 5.49. The third kappa shape index (κ3) is 3.44. The van der Waals surface area contributed by atoms with Crippen LogP contribution in [0.15, 0.2) is 29.1 Å². The third-order valence-electron chi connectivity index (χ3n) is 5.30. The number of likely N-dealkylation sites (N-methyl/N-ethyl adjacent to an activating group) is 1. The van der Waals surface area contributed by atoms with Crippen molar-refractivity contribution in [1.82, 2.24) is 19.8 Å². The Kier molecular flexibility index (Phi) is 4.88. The number of hydrogen-bond donors (Lipinski definition) is 0. The van der Waals surface area contributed by atoms with Gasteiger partial charge in [0.05, 0.1) is 12.0 Å². The first-order valence-electron chi connectivity index (χ1n) is 9.31. The first kappa shape index (κ1) is 17.0. The Morgan fingerprint density at radius 3 is 2.81 bits per heavy atom. The predicted molar refractivity (Wildman–Crippen MR) is 98.4 cm³/mol. The van der Waals surface area contributed by atoms with Crippen molar-refractivity contribution in [2.24, 2.45) is 0 Å². The first-order valence-corrected chi connectivity index (χ1v) is 9.31. The van der Waals surface area contributed by atoms with Gasteiger partial charge in [-0.25, -0.2) is 9.97 Å². The second-order valence-electron chi connectivity index (χ2n) is 7.04. The number of carbonyl (C=O) groups is 1. The lowest BCUT2D eigenvalue weighted by Crippen LogP contribution is -2.33. The molecule has 4 rings (SSSR count). The van der Waals surface area contributed by atoms with Crippen LogP contribution < -0.4 is 4.90 Å². The number of nitrogens with zero attached hydrogens (tertiary/aromatic N) is 5. The van der Waals surface area contributed by atoms with Crippen LogP contribution in [-0.4, -0.2) is 72.0 Å². The molecule has 2 aliphatic heterocycles. The van der Waals surface area contributed by atoms with Crippen LogP contribution in [0.3, 0.4) is 0 Å². The quantitative estimate of drug-likeness (QED) is 0.812. The van der Waals surface area contributed by atoms with E-state index in [4.69, 9.17) is 4.42 Å². The second-order valence-corrected chi connectivity index (χ2v) is 7.04. The largest absolute Gasteiger partial charge is 0.459 e. The number of carbonyl (C=O) groups excluding carboxylic acids is 1. The van der Waals surface area contributed by atoms with Gasteiger partial charge in [-0.3, -0.25) is 4.79 Å². The lowest BCUT2D eigenvalue weighted by molar-refractivity contribution is 0.0731. The molecule has 0 spiro atoms. The fourth-order valence-corrected chi connectivity index (χ4v) is 3.80. The topological polar surface area (TPSA) is 65.7 Å². The zero-order valence-electron chi connectivity index (χ0n) is 15.2. The molecular weight excluding hydrogens is 330 g/mol. The molecule has 0 bridgehead atoms. The van der Waals surface area contributed by atoms with Crippen LogP contribution in [0, 0.1) is 0 Å². The van der Waals surface area contributed by atoms with Crippen LogP contribution in [0.25, 0.3) is 0 Å². The van der Waals surface area contributed by atoms with E-state index in [2.05, 4.69) is 26.8 Å². The Labute approximate surface area is 153 Å². The van der Waals surface area contributed by atoms with Gasteiger partial charge < -0.3 is 19.1 Å². The smallest absolute Gasteiger partial charge is 0.289 e. The normalized spacial score (nSPS) is 19.0. The highest BCUT2D eigenvalue weighted by atomic mass is 16.3. The highest BCUT2D eigenvalue weighted by Gasteiger charge is 2.26. The van der Waals surface area contributed by atoms with E-state index in [0.29, 0.717) is 18.8 Å². The number of amides is 1. The van der Waals surface area contributed by atoms with Crippen molar-refractivity contribution < 1.29 is 9.21 Å². The maximum Gasteiger partial charge on any atom is 0.289 e. The van der Waals surface area contributed by atoms with Gasteiger partial charge in [-0.05, 0) is 38.6 Å². The fourth-order valence-electron chi connectivity index (χ4n) is 3.80. The van der Waals surface area contributed by atoms with Gasteiger partial charge in [0, 0.05) is 44.7 Å². The van der Waals surface area contributed by atoms with Gasteiger partial charge in [0.15, 0.2) is 5.76 Å². The third-order valence-corrected chi connectivity index (χ3v) is 5.30. The Bertz CT molecular complexity index is 761. The molecule has 0 atom stereocenters. The SMILES string of the molecule is CN1CCCN(c2ncnc3c2CCN(C(=O)c2ccco2)CC3)CC1. The van der Waals surface area contributed by atoms with Gasteiger partial charge in [0.1, 0.15) is 12.1 Å². The minimum Gasteiger partial charge on any atom is -0.459 e. The molecule has 0 unspecified atom stereocenters. The minimum absolute atomic E-state index is 0.0475. The molecule has 0 aromatic carbocycles. The highest BCUT2D eigenvalue weighted by Crippen LogP contribution is 2.25. The Hall–Kier alpha value is -2.41. The standard InChI is InChI=1S/C19H25N5O2/c1-22-7-3-8-23(12-11-22)18-15-5-9-24(10-6-16(15)20-14-21-18)19(25)17-4-2-13-26-17/h2,4,13-14H,3,5-12H2,1H3. The summed E-state index contributed by atoms with van der Waals surface area (Å²) >= 11 is 0. The maximum atomic E-state index is 12.6. The summed E-state index contributed by atoms with van der Waals surface area (Å²) in [5.41, 5.74) is 2.27. The molecule has 0 saturated carbocycles. The molecular formula is C19H25N5O2. The molecule has 1 saturated heterocycles. The van der Waals surface area contributed by atoms with E-state index in [0.717, 1.165) is 57.0 Å². The van der Waals surface area contributed by atoms with Crippen molar-refractivity contribution in [1.29, 1.82) is 0 Å². The van der Waals surface area contributed by atoms with Gasteiger partial charge in [-0.15, -0.1) is 0 Å². The van der Waals surface area contributed by atoms with E-state index in [9.17, 15) is 4.79 Å². The molecule has 4 heterocycles. The van der Waals surface area contributed by atoms with Crippen LogP contribution >= 0.6 is 0 Å². The molecule has 2 aromatic rings. The first-order chi connectivity index (χ1) is 12.7. The van der Waals surface area contributed by atoms with Crippen LogP contribution in [0.1, 0.15) is 28.2 Å². The van der Waals surface area contributed by atoms with E-state index in [-0.39, 0.29) is 5.91 Å². The monoisotopic (exact) mass is 355 g/mol. The zero-order valence-corrected chi connectivity index (χ0v) is 15.2. The number of furan rings is 1. The molecule has 1 fully saturated rings. The van der Waals surface area contributed by atoms with Crippen molar-refractivity contribution in [3.8, 4) is 0 Å². The summed E-state index contributed by atoms with van der Waals surface area (Å²) in [5, 5.41) is 0. The summed E-state index contributed by atoms with van der Waals surface area (Å²) < 4.78 is 5.28. The van der Waals surface area contributed by atoms with Crippen LogP contribution in [0.4, 0.5) is 5.82 Å². The van der Waals surface area contributed by atoms with Gasteiger partial charge in [-0.2, -0.15) is 0 Å². The molecule has 0 N–H and O–H groups in total. The fraction of sp³-hybridized carbons (Fsp3) is 0.526. The van der Waals surface area contributed by atoms with Gasteiger partial charge in [0.2, 0.25) is 0 Å².